The van der Waals surface area contributed by atoms with E-state index in [1.165, 1.54) is 12.2 Å². The lowest BCUT2D eigenvalue weighted by Crippen LogP contribution is -1.95. The lowest BCUT2D eigenvalue weighted by Gasteiger charge is -2.03. The van der Waals surface area contributed by atoms with Crippen LogP contribution in [-0.4, -0.2) is 11.7 Å². The average Bonchev–Trinajstić information content (AvgIpc) is 2.13. The van der Waals surface area contributed by atoms with E-state index in [2.05, 4.69) is 0 Å². The topological polar surface area (TPSA) is 46.2 Å². The molecule has 3 N–H and O–H groups in total. The van der Waals surface area contributed by atoms with Gasteiger partial charge in [-0.25, -0.2) is 4.39 Å². The molecule has 3 heteroatoms. The summed E-state index contributed by atoms with van der Waals surface area (Å²) in [4.78, 5) is 0. The highest BCUT2D eigenvalue weighted by atomic mass is 19.1. The normalized spacial score (nSPS) is 11.0. The molecule has 1 aromatic carbocycles. The first-order valence-electron chi connectivity index (χ1n) is 3.98. The molecular weight excluding hydrogens is 169 g/mol. The monoisotopic (exact) mass is 181 g/mol. The third-order valence-corrected chi connectivity index (χ3v) is 1.86. The Labute approximate surface area is 76.5 Å². The minimum atomic E-state index is -0.329. The van der Waals surface area contributed by atoms with Crippen LogP contribution in [0.15, 0.2) is 18.2 Å². The zero-order chi connectivity index (χ0) is 9.84. The first-order valence-corrected chi connectivity index (χ1v) is 3.98. The smallest absolute Gasteiger partial charge is 0.135 e. The molecule has 0 saturated heterocycles. The van der Waals surface area contributed by atoms with Gasteiger partial charge < -0.3 is 10.8 Å². The van der Waals surface area contributed by atoms with Gasteiger partial charge in [-0.1, -0.05) is 12.2 Å². The highest BCUT2D eigenvalue weighted by Crippen LogP contribution is 2.19. The lowest BCUT2D eigenvalue weighted by molar-refractivity contribution is 0.343. The van der Waals surface area contributed by atoms with Crippen LogP contribution in [0.3, 0.4) is 0 Å². The van der Waals surface area contributed by atoms with E-state index < -0.39 is 0 Å². The number of aliphatic hydroxyl groups excluding tert-OH is 1. The number of benzene rings is 1. The molecule has 0 heterocycles. The van der Waals surface area contributed by atoms with Gasteiger partial charge in [0.05, 0.1) is 6.61 Å². The Morgan fingerprint density at radius 1 is 1.54 bits per heavy atom. The summed E-state index contributed by atoms with van der Waals surface area (Å²) in [7, 11) is 0. The number of rotatable bonds is 2. The van der Waals surface area contributed by atoms with Crippen molar-refractivity contribution in [2.45, 2.75) is 6.92 Å². The Morgan fingerprint density at radius 2 is 2.23 bits per heavy atom. The predicted octanol–water partition coefficient (Wildman–Crippen LogP) is 1.72. The Kier molecular flexibility index (Phi) is 3.03. The third kappa shape index (κ3) is 2.06. The number of halogens is 1. The second-order valence-corrected chi connectivity index (χ2v) is 2.77. The van der Waals surface area contributed by atoms with Gasteiger partial charge in [0.2, 0.25) is 0 Å². The summed E-state index contributed by atoms with van der Waals surface area (Å²) in [5, 5.41) is 8.51. The summed E-state index contributed by atoms with van der Waals surface area (Å²) in [6.45, 7) is 1.53. The fourth-order valence-corrected chi connectivity index (χ4v) is 1.03. The van der Waals surface area contributed by atoms with Crippen LogP contribution < -0.4 is 5.73 Å². The van der Waals surface area contributed by atoms with E-state index in [-0.39, 0.29) is 12.4 Å². The fourth-order valence-electron chi connectivity index (χ4n) is 1.03. The largest absolute Gasteiger partial charge is 0.398 e. The molecule has 0 aromatic heterocycles. The SMILES string of the molecule is Cc1c(N)ccc(C=CCO)c1F. The van der Waals surface area contributed by atoms with Gasteiger partial charge in [-0.05, 0) is 19.1 Å². The second kappa shape index (κ2) is 4.05. The number of anilines is 1. The maximum Gasteiger partial charge on any atom is 0.135 e. The third-order valence-electron chi connectivity index (χ3n) is 1.86. The van der Waals surface area contributed by atoms with Gasteiger partial charge >= 0.3 is 0 Å². The van der Waals surface area contributed by atoms with Crippen LogP contribution in [0.25, 0.3) is 6.08 Å². The fraction of sp³-hybridized carbons (Fsp3) is 0.200. The van der Waals surface area contributed by atoms with Gasteiger partial charge in [0.15, 0.2) is 0 Å². The molecule has 2 nitrogen and oxygen atoms in total. The zero-order valence-electron chi connectivity index (χ0n) is 7.42. The molecule has 0 aliphatic heterocycles. The Morgan fingerprint density at radius 3 is 2.85 bits per heavy atom. The van der Waals surface area contributed by atoms with Crippen LogP contribution in [0.1, 0.15) is 11.1 Å². The van der Waals surface area contributed by atoms with Gasteiger partial charge in [-0.2, -0.15) is 0 Å². The van der Waals surface area contributed by atoms with Crippen molar-refractivity contribution < 1.29 is 9.50 Å². The molecule has 0 aliphatic carbocycles. The van der Waals surface area contributed by atoms with Crippen molar-refractivity contribution in [3.8, 4) is 0 Å². The van der Waals surface area contributed by atoms with Crippen LogP contribution in [0.2, 0.25) is 0 Å². The highest BCUT2D eigenvalue weighted by Gasteiger charge is 2.04. The summed E-state index contributed by atoms with van der Waals surface area (Å²) in [5.41, 5.74) is 6.84. The molecule has 0 amide bonds. The van der Waals surface area contributed by atoms with Crippen molar-refractivity contribution >= 4 is 11.8 Å². The zero-order valence-corrected chi connectivity index (χ0v) is 7.42. The molecule has 0 unspecified atom stereocenters. The number of nitrogen functional groups attached to an aromatic ring is 1. The number of hydrogen-bond acceptors (Lipinski definition) is 2. The van der Waals surface area contributed by atoms with Crippen molar-refractivity contribution in [1.29, 1.82) is 0 Å². The minimum Gasteiger partial charge on any atom is -0.398 e. The molecule has 13 heavy (non-hydrogen) atoms. The maximum atomic E-state index is 13.4. The van der Waals surface area contributed by atoms with E-state index in [1.807, 2.05) is 0 Å². The van der Waals surface area contributed by atoms with Crippen LogP contribution in [0, 0.1) is 12.7 Å². The van der Waals surface area contributed by atoms with Crippen LogP contribution in [-0.2, 0) is 0 Å². The molecule has 0 aliphatic rings. The van der Waals surface area contributed by atoms with Gasteiger partial charge in [0.1, 0.15) is 5.82 Å². The van der Waals surface area contributed by atoms with E-state index in [4.69, 9.17) is 10.8 Å². The van der Waals surface area contributed by atoms with E-state index in [1.54, 1.807) is 19.1 Å². The van der Waals surface area contributed by atoms with Crippen molar-refractivity contribution in [3.05, 3.63) is 35.2 Å². The number of nitrogens with two attached hydrogens (primary N) is 1. The van der Waals surface area contributed by atoms with E-state index in [9.17, 15) is 4.39 Å². The standard InChI is InChI=1S/C10H12FNO/c1-7-9(12)5-4-8(10(7)11)3-2-6-13/h2-5,13H,6,12H2,1H3. The second-order valence-electron chi connectivity index (χ2n) is 2.77. The molecule has 1 aromatic rings. The Hall–Kier alpha value is -1.35. The van der Waals surface area contributed by atoms with Gasteiger partial charge in [0, 0.05) is 16.8 Å². The Balaban J connectivity index is 3.11. The van der Waals surface area contributed by atoms with E-state index in [0.29, 0.717) is 16.8 Å². The molecule has 0 radical (unpaired) electrons. The first-order chi connectivity index (χ1) is 6.16. The summed E-state index contributed by atoms with van der Waals surface area (Å²) in [5.74, 6) is -0.329. The van der Waals surface area contributed by atoms with Gasteiger partial charge in [-0.3, -0.25) is 0 Å². The van der Waals surface area contributed by atoms with Gasteiger partial charge in [-0.15, -0.1) is 0 Å². The van der Waals surface area contributed by atoms with E-state index >= 15 is 0 Å². The minimum absolute atomic E-state index is 0.0944. The molecule has 0 atom stereocenters. The molecule has 70 valence electrons. The molecule has 0 spiro atoms. The molecule has 1 rings (SSSR count). The van der Waals surface area contributed by atoms with E-state index in [0.717, 1.165) is 0 Å². The summed E-state index contributed by atoms with van der Waals surface area (Å²) >= 11 is 0. The van der Waals surface area contributed by atoms with Crippen LogP contribution in [0.4, 0.5) is 10.1 Å². The molecule has 0 fully saturated rings. The van der Waals surface area contributed by atoms with Crippen molar-refractivity contribution in [2.75, 3.05) is 12.3 Å². The highest BCUT2D eigenvalue weighted by molar-refractivity contribution is 5.58. The van der Waals surface area contributed by atoms with Crippen molar-refractivity contribution in [3.63, 3.8) is 0 Å². The van der Waals surface area contributed by atoms with Crippen molar-refractivity contribution in [2.24, 2.45) is 0 Å². The quantitative estimate of drug-likeness (QED) is 0.682. The molecule has 0 saturated carbocycles. The van der Waals surface area contributed by atoms with Crippen molar-refractivity contribution in [1.82, 2.24) is 0 Å². The predicted molar refractivity (Wildman–Crippen MR) is 51.7 cm³/mol. The summed E-state index contributed by atoms with van der Waals surface area (Å²) in [6.07, 6.45) is 3.01. The van der Waals surface area contributed by atoms with Gasteiger partial charge in [0.25, 0.3) is 0 Å². The Bertz CT molecular complexity index is 334. The van der Waals surface area contributed by atoms with Crippen LogP contribution >= 0.6 is 0 Å². The summed E-state index contributed by atoms with van der Waals surface area (Å²) < 4.78 is 13.4. The lowest BCUT2D eigenvalue weighted by atomic mass is 10.1. The summed E-state index contributed by atoms with van der Waals surface area (Å²) in [6, 6.07) is 3.24. The van der Waals surface area contributed by atoms with Crippen LogP contribution in [0.5, 0.6) is 0 Å². The maximum absolute atomic E-state index is 13.4. The molecular formula is C10H12FNO. The average molecular weight is 181 g/mol. The number of aliphatic hydroxyl groups is 1. The first kappa shape index (κ1) is 9.74. The molecule has 0 bridgehead atoms. The number of hydrogen-bond donors (Lipinski definition) is 2.